The third-order valence-corrected chi connectivity index (χ3v) is 5.52. The normalized spacial score (nSPS) is 10.8. The molecule has 26 heavy (non-hydrogen) atoms. The topological polar surface area (TPSA) is 42.0 Å². The summed E-state index contributed by atoms with van der Waals surface area (Å²) in [5.41, 5.74) is 2.11. The Labute approximate surface area is 170 Å². The second kappa shape index (κ2) is 8.40. The first-order valence-corrected chi connectivity index (χ1v) is 9.95. The first-order valence-electron chi connectivity index (χ1n) is 8.00. The van der Waals surface area contributed by atoms with E-state index in [1.807, 2.05) is 6.07 Å². The zero-order valence-electron chi connectivity index (χ0n) is 13.9. The van der Waals surface area contributed by atoms with Crippen molar-refractivity contribution in [2.24, 2.45) is 0 Å². The summed E-state index contributed by atoms with van der Waals surface area (Å²) in [7, 11) is 0. The number of nitrogens with zero attached hydrogens (tertiary/aromatic N) is 1. The van der Waals surface area contributed by atoms with E-state index in [0.29, 0.717) is 25.8 Å². The van der Waals surface area contributed by atoms with Crippen LogP contribution in [0, 0.1) is 0 Å². The molecular formula is C19H15Cl3N2OS. The number of carbonyl (C=O) groups excluding carboxylic acids is 1. The predicted octanol–water partition coefficient (Wildman–Crippen LogP) is 6.98. The van der Waals surface area contributed by atoms with Gasteiger partial charge in [0, 0.05) is 26.0 Å². The minimum absolute atomic E-state index is 0.229. The average molecular weight is 426 g/mol. The van der Waals surface area contributed by atoms with Crippen LogP contribution in [0.1, 0.15) is 28.6 Å². The van der Waals surface area contributed by atoms with E-state index >= 15 is 0 Å². The van der Waals surface area contributed by atoms with Gasteiger partial charge in [0.25, 0.3) is 5.91 Å². The Morgan fingerprint density at radius 1 is 1.08 bits per heavy atom. The fourth-order valence-corrected chi connectivity index (χ4v) is 4.16. The quantitative estimate of drug-likeness (QED) is 0.479. The van der Waals surface area contributed by atoms with Crippen LogP contribution >= 0.6 is 46.1 Å². The van der Waals surface area contributed by atoms with Gasteiger partial charge < -0.3 is 0 Å². The maximum atomic E-state index is 12.4. The van der Waals surface area contributed by atoms with Gasteiger partial charge in [-0.3, -0.25) is 10.1 Å². The van der Waals surface area contributed by atoms with Crippen LogP contribution in [0.25, 0.3) is 11.3 Å². The molecule has 0 saturated heterocycles. The summed E-state index contributed by atoms with van der Waals surface area (Å²) >= 11 is 19.7. The van der Waals surface area contributed by atoms with Gasteiger partial charge in [-0.1, -0.05) is 48.1 Å². The molecule has 0 spiro atoms. The number of hydrogen-bond acceptors (Lipinski definition) is 3. The molecule has 1 amide bonds. The number of thiazole rings is 1. The molecule has 0 bridgehead atoms. The van der Waals surface area contributed by atoms with Crippen molar-refractivity contribution in [1.82, 2.24) is 4.98 Å². The monoisotopic (exact) mass is 424 g/mol. The molecule has 7 heteroatoms. The molecule has 0 unspecified atom stereocenters. The molecule has 0 radical (unpaired) electrons. The number of benzene rings is 2. The summed E-state index contributed by atoms with van der Waals surface area (Å²) in [6.07, 6.45) is 1.81. The second-order valence-electron chi connectivity index (χ2n) is 5.63. The highest BCUT2D eigenvalue weighted by atomic mass is 35.5. The second-order valence-corrected chi connectivity index (χ2v) is 7.99. The number of aromatic nitrogens is 1. The molecule has 1 aromatic heterocycles. The summed E-state index contributed by atoms with van der Waals surface area (Å²) < 4.78 is 0. The van der Waals surface area contributed by atoms with Gasteiger partial charge in [0.2, 0.25) is 0 Å². The third-order valence-electron chi connectivity index (χ3n) is 3.69. The van der Waals surface area contributed by atoms with Gasteiger partial charge in [-0.05, 0) is 48.9 Å². The van der Waals surface area contributed by atoms with Crippen LogP contribution in [0.3, 0.4) is 0 Å². The number of anilines is 1. The SMILES string of the molecule is CCCc1sc(NC(=O)c2ccc(Cl)cc2)nc1-c1ccc(Cl)cc1Cl. The van der Waals surface area contributed by atoms with Gasteiger partial charge in [0.15, 0.2) is 5.13 Å². The molecule has 1 N–H and O–H groups in total. The molecule has 0 aliphatic carbocycles. The first kappa shape index (κ1) is 19.2. The highest BCUT2D eigenvalue weighted by Gasteiger charge is 2.17. The molecule has 0 atom stereocenters. The molecular weight excluding hydrogens is 411 g/mol. The largest absolute Gasteiger partial charge is 0.298 e. The Morgan fingerprint density at radius 2 is 1.77 bits per heavy atom. The molecule has 134 valence electrons. The van der Waals surface area contributed by atoms with Crippen molar-refractivity contribution in [1.29, 1.82) is 0 Å². The average Bonchev–Trinajstić information content (AvgIpc) is 2.98. The lowest BCUT2D eigenvalue weighted by molar-refractivity contribution is 0.102. The van der Waals surface area contributed by atoms with E-state index in [-0.39, 0.29) is 5.91 Å². The minimum Gasteiger partial charge on any atom is -0.298 e. The number of nitrogens with one attached hydrogen (secondary N) is 1. The number of halogens is 3. The lowest BCUT2D eigenvalue weighted by Crippen LogP contribution is -2.11. The Morgan fingerprint density at radius 3 is 2.42 bits per heavy atom. The first-order chi connectivity index (χ1) is 12.5. The summed E-state index contributed by atoms with van der Waals surface area (Å²) in [5, 5.41) is 5.08. The van der Waals surface area contributed by atoms with Crippen LogP contribution in [-0.2, 0) is 6.42 Å². The lowest BCUT2D eigenvalue weighted by Gasteiger charge is -2.04. The minimum atomic E-state index is -0.229. The van der Waals surface area contributed by atoms with Gasteiger partial charge in [-0.15, -0.1) is 11.3 Å². The van der Waals surface area contributed by atoms with Crippen LogP contribution in [0.2, 0.25) is 15.1 Å². The van der Waals surface area contributed by atoms with Crippen LogP contribution in [0.5, 0.6) is 0 Å². The maximum Gasteiger partial charge on any atom is 0.257 e. The van der Waals surface area contributed by atoms with Crippen molar-refractivity contribution in [3.05, 3.63) is 68.0 Å². The van der Waals surface area contributed by atoms with Gasteiger partial charge in [-0.2, -0.15) is 0 Å². The van der Waals surface area contributed by atoms with Crippen molar-refractivity contribution in [2.45, 2.75) is 19.8 Å². The van der Waals surface area contributed by atoms with Crippen LogP contribution in [0.15, 0.2) is 42.5 Å². The van der Waals surface area contributed by atoms with Crippen molar-refractivity contribution in [3.8, 4) is 11.3 Å². The number of carbonyl (C=O) groups is 1. The van der Waals surface area contributed by atoms with Gasteiger partial charge in [0.1, 0.15) is 0 Å². The van der Waals surface area contributed by atoms with E-state index in [1.165, 1.54) is 11.3 Å². The van der Waals surface area contributed by atoms with Gasteiger partial charge >= 0.3 is 0 Å². The number of hydrogen-bond donors (Lipinski definition) is 1. The molecule has 3 nitrogen and oxygen atoms in total. The van der Waals surface area contributed by atoms with E-state index in [4.69, 9.17) is 34.8 Å². The predicted molar refractivity (Wildman–Crippen MR) is 111 cm³/mol. The fourth-order valence-electron chi connectivity index (χ4n) is 2.46. The Bertz CT molecular complexity index is 938. The fraction of sp³-hybridized carbons (Fsp3) is 0.158. The third kappa shape index (κ3) is 4.38. The molecule has 2 aromatic carbocycles. The van der Waals surface area contributed by atoms with Gasteiger partial charge in [0.05, 0.1) is 10.7 Å². The molecule has 1 heterocycles. The Balaban J connectivity index is 1.91. The summed E-state index contributed by atoms with van der Waals surface area (Å²) in [4.78, 5) is 18.1. The maximum absolute atomic E-state index is 12.4. The van der Waals surface area contributed by atoms with E-state index in [0.717, 1.165) is 29.0 Å². The summed E-state index contributed by atoms with van der Waals surface area (Å²) in [5.74, 6) is -0.229. The zero-order valence-corrected chi connectivity index (χ0v) is 16.9. The van der Waals surface area contributed by atoms with Crippen LogP contribution in [-0.4, -0.2) is 10.9 Å². The summed E-state index contributed by atoms with van der Waals surface area (Å²) in [6.45, 7) is 2.10. The number of aryl methyl sites for hydroxylation is 1. The van der Waals surface area contributed by atoms with Crippen LogP contribution < -0.4 is 5.32 Å². The van der Waals surface area contributed by atoms with Crippen molar-refractivity contribution in [3.63, 3.8) is 0 Å². The lowest BCUT2D eigenvalue weighted by atomic mass is 10.1. The van der Waals surface area contributed by atoms with Crippen molar-refractivity contribution in [2.75, 3.05) is 5.32 Å². The van der Waals surface area contributed by atoms with Crippen molar-refractivity contribution < 1.29 is 4.79 Å². The number of amides is 1. The van der Waals surface area contributed by atoms with Crippen molar-refractivity contribution >= 4 is 57.2 Å². The zero-order chi connectivity index (χ0) is 18.7. The Kier molecular flexibility index (Phi) is 6.20. The highest BCUT2D eigenvalue weighted by Crippen LogP contribution is 2.37. The number of rotatable bonds is 5. The van der Waals surface area contributed by atoms with Gasteiger partial charge in [-0.25, -0.2) is 4.98 Å². The Hall–Kier alpha value is -1.59. The van der Waals surface area contributed by atoms with E-state index in [2.05, 4.69) is 17.2 Å². The molecule has 3 aromatic rings. The van der Waals surface area contributed by atoms with E-state index < -0.39 is 0 Å². The highest BCUT2D eigenvalue weighted by molar-refractivity contribution is 7.16. The standard InChI is InChI=1S/C19H15Cl3N2OS/c1-2-3-16-17(14-9-8-13(21)10-15(14)22)23-19(26-16)24-18(25)11-4-6-12(20)7-5-11/h4-10H,2-3H2,1H3,(H,23,24,25). The van der Waals surface area contributed by atoms with E-state index in [1.54, 1.807) is 36.4 Å². The molecule has 3 rings (SSSR count). The van der Waals surface area contributed by atoms with Crippen LogP contribution in [0.4, 0.5) is 5.13 Å². The van der Waals surface area contributed by atoms with E-state index in [9.17, 15) is 4.79 Å². The molecule has 0 aliphatic heterocycles. The molecule has 0 fully saturated rings. The summed E-state index contributed by atoms with van der Waals surface area (Å²) in [6, 6.07) is 12.0. The smallest absolute Gasteiger partial charge is 0.257 e. The molecule has 0 saturated carbocycles. The molecule has 0 aliphatic rings.